The van der Waals surface area contributed by atoms with Gasteiger partial charge in [-0.15, -0.1) is 0 Å². The van der Waals surface area contributed by atoms with Crippen molar-refractivity contribution in [3.63, 3.8) is 0 Å². The van der Waals surface area contributed by atoms with Gasteiger partial charge in [0.25, 0.3) is 5.91 Å². The predicted molar refractivity (Wildman–Crippen MR) is 151 cm³/mol. The topological polar surface area (TPSA) is 91.8 Å². The van der Waals surface area contributed by atoms with Crippen molar-refractivity contribution in [2.45, 2.75) is 26.7 Å². The molecule has 1 aromatic carbocycles. The van der Waals surface area contributed by atoms with Crippen LogP contribution in [0.4, 0.5) is 23.1 Å². The Labute approximate surface area is 229 Å². The maximum absolute atomic E-state index is 11.8. The van der Waals surface area contributed by atoms with Crippen molar-refractivity contribution in [3.8, 4) is 0 Å². The first-order valence-corrected chi connectivity index (χ1v) is 13.8. The Morgan fingerprint density at radius 1 is 1.32 bits per heavy atom. The Balaban J connectivity index is 1.36. The number of rotatable bonds is 9. The molecule has 0 bridgehead atoms. The lowest BCUT2D eigenvalue weighted by Crippen LogP contribution is -2.41. The molecule has 1 aromatic heterocycles. The van der Waals surface area contributed by atoms with Crippen LogP contribution in [0.25, 0.3) is 6.08 Å². The smallest absolute Gasteiger partial charge is 0.257 e. The summed E-state index contributed by atoms with van der Waals surface area (Å²) in [6, 6.07) is 6.22. The number of carbonyl (C=O) groups excluding carboxylic acids is 1. The second-order valence-electron chi connectivity index (χ2n) is 10.7. The molecule has 2 aromatic rings. The molecule has 10 heteroatoms. The van der Waals surface area contributed by atoms with Gasteiger partial charge in [0.2, 0.25) is 5.95 Å². The van der Waals surface area contributed by atoms with E-state index in [0.717, 1.165) is 62.0 Å². The van der Waals surface area contributed by atoms with Gasteiger partial charge >= 0.3 is 0 Å². The van der Waals surface area contributed by atoms with Crippen molar-refractivity contribution in [1.29, 1.82) is 0 Å². The molecule has 1 atom stereocenters. The van der Waals surface area contributed by atoms with Crippen LogP contribution < -0.4 is 20.4 Å². The molecule has 3 aliphatic rings. The molecule has 2 saturated heterocycles. The van der Waals surface area contributed by atoms with Crippen LogP contribution in [0.2, 0.25) is 5.02 Å². The second-order valence-corrected chi connectivity index (χ2v) is 11.1. The Morgan fingerprint density at radius 3 is 2.89 bits per heavy atom. The van der Waals surface area contributed by atoms with E-state index in [4.69, 9.17) is 26.1 Å². The first-order valence-electron chi connectivity index (χ1n) is 13.4. The summed E-state index contributed by atoms with van der Waals surface area (Å²) < 4.78 is 11.2. The molecule has 0 unspecified atom stereocenters. The third-order valence-corrected chi connectivity index (χ3v) is 7.84. The molecule has 0 aliphatic carbocycles. The maximum Gasteiger partial charge on any atom is 0.257 e. The minimum absolute atomic E-state index is 0.0104. The number of amides is 1. The van der Waals surface area contributed by atoms with E-state index in [9.17, 15) is 4.79 Å². The molecule has 0 radical (unpaired) electrons. The third kappa shape index (κ3) is 6.15. The van der Waals surface area contributed by atoms with Gasteiger partial charge < -0.3 is 29.9 Å². The van der Waals surface area contributed by atoms with E-state index < -0.39 is 0 Å². The van der Waals surface area contributed by atoms with Crippen LogP contribution >= 0.6 is 11.6 Å². The average Bonchev–Trinajstić information content (AvgIpc) is 2.90. The van der Waals surface area contributed by atoms with Gasteiger partial charge in [-0.05, 0) is 49.0 Å². The fraction of sp³-hybridized carbons (Fsp3) is 0.536. The van der Waals surface area contributed by atoms with Gasteiger partial charge in [0.05, 0.1) is 26.0 Å². The van der Waals surface area contributed by atoms with Gasteiger partial charge in [-0.3, -0.25) is 4.79 Å². The number of piperidine rings is 1. The highest BCUT2D eigenvalue weighted by molar-refractivity contribution is 6.32. The Kier molecular flexibility index (Phi) is 8.24. The molecular weight excluding hydrogens is 504 g/mol. The first-order chi connectivity index (χ1) is 18.4. The van der Waals surface area contributed by atoms with Crippen LogP contribution in [-0.4, -0.2) is 68.9 Å². The quantitative estimate of drug-likeness (QED) is 0.486. The van der Waals surface area contributed by atoms with Crippen molar-refractivity contribution in [2.75, 3.05) is 68.2 Å². The van der Waals surface area contributed by atoms with Crippen LogP contribution in [0, 0.1) is 17.8 Å². The molecule has 38 heavy (non-hydrogen) atoms. The molecule has 1 amide bonds. The summed E-state index contributed by atoms with van der Waals surface area (Å²) in [5.74, 6) is 3.65. The number of anilines is 4. The number of hydrogen-bond acceptors (Lipinski definition) is 8. The largest absolute Gasteiger partial charge is 0.486 e. The number of likely N-dealkylation sites (N-methyl/N-ethyl adjacent to an activating group) is 1. The lowest BCUT2D eigenvalue weighted by Gasteiger charge is -2.37. The van der Waals surface area contributed by atoms with Crippen LogP contribution in [0.5, 0.6) is 0 Å². The number of aromatic nitrogens is 2. The standard InChI is InChI=1S/C28H37ClN6O3/c1-18(2)20-5-4-8-34(13-20)28-31-11-24(29)27(33-28)32-22-6-7-25-21(9-22)10-23(38-17-26(36)30-3)14-35(25)12-19-15-37-16-19/h6-7,9-11,18-20H,4-5,8,12-17H2,1-3H3,(H,30,36)(H,31,32,33)/t20-/m0/s1. The molecule has 2 fully saturated rings. The van der Waals surface area contributed by atoms with Crippen LogP contribution in [0.1, 0.15) is 32.3 Å². The van der Waals surface area contributed by atoms with Gasteiger partial charge in [-0.1, -0.05) is 25.4 Å². The molecule has 0 spiro atoms. The second kappa shape index (κ2) is 11.8. The molecule has 5 rings (SSSR count). The van der Waals surface area contributed by atoms with Gasteiger partial charge in [-0.2, -0.15) is 4.98 Å². The highest BCUT2D eigenvalue weighted by Gasteiger charge is 2.27. The molecule has 4 heterocycles. The maximum atomic E-state index is 11.8. The number of fused-ring (bicyclic) bond motifs is 1. The number of nitrogens with zero attached hydrogens (tertiary/aromatic N) is 4. The van der Waals surface area contributed by atoms with E-state index in [1.807, 2.05) is 12.1 Å². The number of nitrogens with one attached hydrogen (secondary N) is 2. The van der Waals surface area contributed by atoms with Gasteiger partial charge in [0.15, 0.2) is 12.4 Å². The highest BCUT2D eigenvalue weighted by Crippen LogP contribution is 2.35. The predicted octanol–water partition coefficient (Wildman–Crippen LogP) is 4.32. The average molecular weight is 541 g/mol. The number of hydrogen-bond donors (Lipinski definition) is 2. The summed E-state index contributed by atoms with van der Waals surface area (Å²) in [5.41, 5.74) is 3.00. The highest BCUT2D eigenvalue weighted by atomic mass is 35.5. The van der Waals surface area contributed by atoms with Gasteiger partial charge in [0, 0.05) is 49.5 Å². The summed E-state index contributed by atoms with van der Waals surface area (Å²) in [4.78, 5) is 25.7. The number of ether oxygens (including phenoxy) is 2. The molecule has 0 saturated carbocycles. The zero-order valence-corrected chi connectivity index (χ0v) is 23.1. The SMILES string of the molecule is CNC(=O)COC1=Cc2cc(Nc3nc(N4CCC[C@H](C(C)C)C4)ncc3Cl)ccc2N(CC2COC2)C1. The van der Waals surface area contributed by atoms with Crippen LogP contribution in [0.15, 0.2) is 30.2 Å². The molecule has 9 nitrogen and oxygen atoms in total. The Hall–Kier alpha value is -3.04. The molecule has 2 N–H and O–H groups in total. The minimum atomic E-state index is -0.159. The minimum Gasteiger partial charge on any atom is -0.486 e. The summed E-state index contributed by atoms with van der Waals surface area (Å²) in [6.45, 7) is 9.49. The lowest BCUT2D eigenvalue weighted by molar-refractivity contribution is -0.123. The summed E-state index contributed by atoms with van der Waals surface area (Å²) in [5, 5.41) is 6.48. The van der Waals surface area contributed by atoms with E-state index in [-0.39, 0.29) is 12.5 Å². The van der Waals surface area contributed by atoms with Crippen molar-refractivity contribution >= 4 is 46.7 Å². The van der Waals surface area contributed by atoms with Crippen LogP contribution in [-0.2, 0) is 14.3 Å². The number of carbonyl (C=O) groups is 1. The van der Waals surface area contributed by atoms with Gasteiger partial charge in [0.1, 0.15) is 10.8 Å². The van der Waals surface area contributed by atoms with Crippen LogP contribution in [0.3, 0.4) is 0 Å². The normalized spacial score (nSPS) is 19.5. The zero-order chi connectivity index (χ0) is 26.6. The Morgan fingerprint density at radius 2 is 2.16 bits per heavy atom. The monoisotopic (exact) mass is 540 g/mol. The first kappa shape index (κ1) is 26.6. The lowest BCUT2D eigenvalue weighted by atomic mass is 9.88. The molecular formula is C28H37ClN6O3. The van der Waals surface area contributed by atoms with Crippen molar-refractivity contribution in [2.24, 2.45) is 17.8 Å². The van der Waals surface area contributed by atoms with Crippen molar-refractivity contribution in [1.82, 2.24) is 15.3 Å². The molecule has 204 valence electrons. The number of halogens is 1. The fourth-order valence-corrected chi connectivity index (χ4v) is 5.32. The fourth-order valence-electron chi connectivity index (χ4n) is 5.18. The molecule has 3 aliphatic heterocycles. The number of benzene rings is 1. The van der Waals surface area contributed by atoms with E-state index in [1.54, 1.807) is 13.2 Å². The summed E-state index contributed by atoms with van der Waals surface area (Å²) >= 11 is 6.52. The van der Waals surface area contributed by atoms with E-state index in [2.05, 4.69) is 51.4 Å². The van der Waals surface area contributed by atoms with E-state index >= 15 is 0 Å². The van der Waals surface area contributed by atoms with E-state index in [0.29, 0.717) is 41.1 Å². The van der Waals surface area contributed by atoms with E-state index in [1.165, 1.54) is 6.42 Å². The third-order valence-electron chi connectivity index (χ3n) is 7.56. The summed E-state index contributed by atoms with van der Waals surface area (Å²) in [7, 11) is 1.61. The van der Waals surface area contributed by atoms with Gasteiger partial charge in [-0.25, -0.2) is 4.98 Å². The summed E-state index contributed by atoms with van der Waals surface area (Å²) in [6.07, 6.45) is 6.07. The van der Waals surface area contributed by atoms with Crippen molar-refractivity contribution in [3.05, 3.63) is 40.7 Å². The van der Waals surface area contributed by atoms with Crippen molar-refractivity contribution < 1.29 is 14.3 Å². The Bertz CT molecular complexity index is 1190. The zero-order valence-electron chi connectivity index (χ0n) is 22.4.